The van der Waals surface area contributed by atoms with Crippen molar-refractivity contribution in [3.8, 4) is 17.6 Å². The van der Waals surface area contributed by atoms with Crippen LogP contribution in [0.4, 0.5) is 4.39 Å². The number of hydrogen-bond donors (Lipinski definition) is 1. The molecule has 1 N–H and O–H groups in total. The van der Waals surface area contributed by atoms with Crippen LogP contribution in [0.1, 0.15) is 12.0 Å². The predicted molar refractivity (Wildman–Crippen MR) is 56.5 cm³/mol. The van der Waals surface area contributed by atoms with Gasteiger partial charge in [0, 0.05) is 12.0 Å². The molecule has 0 amide bonds. The van der Waals surface area contributed by atoms with E-state index in [2.05, 4.69) is 11.8 Å². The summed E-state index contributed by atoms with van der Waals surface area (Å²) in [6.07, 6.45) is 0.395. The molecule has 1 aromatic rings. The first-order valence-corrected chi connectivity index (χ1v) is 4.75. The number of ether oxygens (including phenoxy) is 1. The smallest absolute Gasteiger partial charge is 0.120 e. The van der Waals surface area contributed by atoms with Gasteiger partial charge in [-0.25, -0.2) is 0 Å². The van der Waals surface area contributed by atoms with Gasteiger partial charge >= 0.3 is 0 Å². The lowest BCUT2D eigenvalue weighted by molar-refractivity contribution is 0.289. The van der Waals surface area contributed by atoms with E-state index in [9.17, 15) is 4.39 Å². The molecule has 0 spiro atoms. The molecule has 0 saturated heterocycles. The second-order valence-electron chi connectivity index (χ2n) is 2.88. The summed E-state index contributed by atoms with van der Waals surface area (Å²) >= 11 is 0. The molecule has 0 radical (unpaired) electrons. The van der Waals surface area contributed by atoms with Crippen LogP contribution in [-0.4, -0.2) is 25.0 Å². The lowest BCUT2D eigenvalue weighted by Gasteiger charge is -2.04. The Bertz CT molecular complexity index is 352. The summed E-state index contributed by atoms with van der Waals surface area (Å²) in [5, 5.41) is 8.52. The maximum Gasteiger partial charge on any atom is 0.120 e. The Hall–Kier alpha value is -1.53. The van der Waals surface area contributed by atoms with Crippen molar-refractivity contribution in [1.29, 1.82) is 0 Å². The van der Waals surface area contributed by atoms with Gasteiger partial charge in [-0.15, -0.1) is 0 Å². The molecule has 0 saturated carbocycles. The van der Waals surface area contributed by atoms with E-state index >= 15 is 0 Å². The lowest BCUT2D eigenvalue weighted by atomic mass is 10.2. The Morgan fingerprint density at radius 2 is 2.27 bits per heavy atom. The first-order chi connectivity index (χ1) is 7.36. The first kappa shape index (κ1) is 11.5. The first-order valence-electron chi connectivity index (χ1n) is 4.75. The van der Waals surface area contributed by atoms with Crippen molar-refractivity contribution in [2.75, 3.05) is 19.9 Å². The van der Waals surface area contributed by atoms with E-state index in [1.54, 1.807) is 12.1 Å². The minimum absolute atomic E-state index is 0.160. The van der Waals surface area contributed by atoms with E-state index in [4.69, 9.17) is 9.84 Å². The highest BCUT2D eigenvalue weighted by molar-refractivity contribution is 5.39. The molecule has 0 aromatic heterocycles. The molecule has 2 nitrogen and oxygen atoms in total. The van der Waals surface area contributed by atoms with Crippen LogP contribution in [0.25, 0.3) is 0 Å². The van der Waals surface area contributed by atoms with Crippen molar-refractivity contribution in [2.45, 2.75) is 6.42 Å². The molecular formula is C12H13FO2. The predicted octanol–water partition coefficient (Wildman–Crippen LogP) is 1.77. The summed E-state index contributed by atoms with van der Waals surface area (Å²) in [6, 6.07) is 7.19. The van der Waals surface area contributed by atoms with Gasteiger partial charge < -0.3 is 9.84 Å². The SMILES string of the molecule is OCC#Cc1cccc(OCCCF)c1. The van der Waals surface area contributed by atoms with Crippen LogP contribution in [0.3, 0.4) is 0 Å². The lowest BCUT2D eigenvalue weighted by Crippen LogP contribution is -1.97. The van der Waals surface area contributed by atoms with Crippen LogP contribution in [0.15, 0.2) is 24.3 Å². The summed E-state index contributed by atoms with van der Waals surface area (Å²) in [4.78, 5) is 0. The average Bonchev–Trinajstić information content (AvgIpc) is 2.27. The second kappa shape index (κ2) is 6.86. The van der Waals surface area contributed by atoms with E-state index in [1.807, 2.05) is 12.1 Å². The van der Waals surface area contributed by atoms with Crippen LogP contribution in [0.2, 0.25) is 0 Å². The number of aliphatic hydroxyl groups is 1. The van der Waals surface area contributed by atoms with Gasteiger partial charge in [0.05, 0.1) is 13.3 Å². The molecule has 0 bridgehead atoms. The molecular weight excluding hydrogens is 195 g/mol. The van der Waals surface area contributed by atoms with Crippen molar-refractivity contribution in [3.05, 3.63) is 29.8 Å². The van der Waals surface area contributed by atoms with Gasteiger partial charge in [0.15, 0.2) is 0 Å². The fourth-order valence-electron chi connectivity index (χ4n) is 1.05. The van der Waals surface area contributed by atoms with Gasteiger partial charge in [-0.05, 0) is 18.2 Å². The number of alkyl halides is 1. The largest absolute Gasteiger partial charge is 0.493 e. The fraction of sp³-hybridized carbons (Fsp3) is 0.333. The molecule has 0 fully saturated rings. The van der Waals surface area contributed by atoms with Crippen molar-refractivity contribution < 1.29 is 14.2 Å². The summed E-state index contributed by atoms with van der Waals surface area (Å²) < 4.78 is 17.1. The van der Waals surface area contributed by atoms with Gasteiger partial charge in [-0.3, -0.25) is 4.39 Å². The molecule has 0 atom stereocenters. The Morgan fingerprint density at radius 1 is 1.40 bits per heavy atom. The number of halogens is 1. The van der Waals surface area contributed by atoms with E-state index in [-0.39, 0.29) is 13.3 Å². The molecule has 0 heterocycles. The zero-order chi connectivity index (χ0) is 10.9. The highest BCUT2D eigenvalue weighted by Crippen LogP contribution is 2.12. The molecule has 1 aromatic carbocycles. The number of rotatable bonds is 4. The molecule has 1 rings (SSSR count). The third-order valence-electron chi connectivity index (χ3n) is 1.69. The van der Waals surface area contributed by atoms with Crippen molar-refractivity contribution in [3.63, 3.8) is 0 Å². The summed E-state index contributed by atoms with van der Waals surface area (Å²) in [5.74, 6) is 5.99. The van der Waals surface area contributed by atoms with E-state index in [0.29, 0.717) is 18.8 Å². The van der Waals surface area contributed by atoms with Crippen molar-refractivity contribution in [1.82, 2.24) is 0 Å². The van der Waals surface area contributed by atoms with Crippen LogP contribution in [0.5, 0.6) is 5.75 Å². The van der Waals surface area contributed by atoms with E-state index < -0.39 is 0 Å². The van der Waals surface area contributed by atoms with Crippen LogP contribution >= 0.6 is 0 Å². The van der Waals surface area contributed by atoms with Gasteiger partial charge in [0.1, 0.15) is 12.4 Å². The third-order valence-corrected chi connectivity index (χ3v) is 1.69. The Balaban J connectivity index is 2.57. The number of aliphatic hydroxyl groups excluding tert-OH is 1. The zero-order valence-corrected chi connectivity index (χ0v) is 8.37. The van der Waals surface area contributed by atoms with Crippen LogP contribution < -0.4 is 4.74 Å². The summed E-state index contributed by atoms with van der Waals surface area (Å²) in [7, 11) is 0. The third kappa shape index (κ3) is 4.48. The van der Waals surface area contributed by atoms with E-state index in [1.165, 1.54) is 0 Å². The zero-order valence-electron chi connectivity index (χ0n) is 8.37. The summed E-state index contributed by atoms with van der Waals surface area (Å²) in [5.41, 5.74) is 0.779. The standard InChI is InChI=1S/C12H13FO2/c13-7-3-9-15-12-6-1-4-11(10-12)5-2-8-14/h1,4,6,10,14H,3,7-9H2. The molecule has 0 unspecified atom stereocenters. The Morgan fingerprint density at radius 3 is 3.00 bits per heavy atom. The Kier molecular flexibility index (Phi) is 5.28. The topological polar surface area (TPSA) is 29.5 Å². The molecule has 15 heavy (non-hydrogen) atoms. The van der Waals surface area contributed by atoms with Crippen LogP contribution in [0, 0.1) is 11.8 Å². The minimum Gasteiger partial charge on any atom is -0.493 e. The second-order valence-corrected chi connectivity index (χ2v) is 2.88. The molecule has 0 aliphatic carbocycles. The van der Waals surface area contributed by atoms with Gasteiger partial charge in [-0.2, -0.15) is 0 Å². The molecule has 0 aliphatic heterocycles. The number of hydrogen-bond acceptors (Lipinski definition) is 2. The highest BCUT2D eigenvalue weighted by atomic mass is 19.1. The summed E-state index contributed by atoms with van der Waals surface area (Å²) in [6.45, 7) is -0.162. The molecule has 3 heteroatoms. The number of benzene rings is 1. The quantitative estimate of drug-likeness (QED) is 0.603. The van der Waals surface area contributed by atoms with Gasteiger partial charge in [0.25, 0.3) is 0 Å². The normalized spacial score (nSPS) is 9.20. The maximum absolute atomic E-state index is 11.8. The highest BCUT2D eigenvalue weighted by Gasteiger charge is 1.94. The van der Waals surface area contributed by atoms with Crippen molar-refractivity contribution >= 4 is 0 Å². The van der Waals surface area contributed by atoms with Gasteiger partial charge in [0.2, 0.25) is 0 Å². The Labute approximate surface area is 88.7 Å². The fourth-order valence-corrected chi connectivity index (χ4v) is 1.05. The van der Waals surface area contributed by atoms with Gasteiger partial charge in [-0.1, -0.05) is 17.9 Å². The molecule has 80 valence electrons. The maximum atomic E-state index is 11.8. The van der Waals surface area contributed by atoms with E-state index in [0.717, 1.165) is 5.56 Å². The molecule has 0 aliphatic rings. The van der Waals surface area contributed by atoms with Crippen molar-refractivity contribution in [2.24, 2.45) is 0 Å². The monoisotopic (exact) mass is 208 g/mol. The van der Waals surface area contributed by atoms with Crippen LogP contribution in [-0.2, 0) is 0 Å². The average molecular weight is 208 g/mol. The minimum atomic E-state index is -0.371.